The molecule has 3 atom stereocenters. The van der Waals surface area contributed by atoms with Crippen LogP contribution in [0.1, 0.15) is 35.4 Å². The highest BCUT2D eigenvalue weighted by Crippen LogP contribution is 2.25. The fraction of sp³-hybridized carbons (Fsp3) is 0.471. The van der Waals surface area contributed by atoms with Gasteiger partial charge in [-0.1, -0.05) is 16.8 Å². The Bertz CT molecular complexity index is 762. The van der Waals surface area contributed by atoms with E-state index in [1.54, 1.807) is 42.9 Å². The normalized spacial score (nSPS) is 23.5. The third-order valence-corrected chi connectivity index (χ3v) is 5.03. The Labute approximate surface area is 150 Å². The highest BCUT2D eigenvalue weighted by Gasteiger charge is 2.36. The van der Waals surface area contributed by atoms with Gasteiger partial charge < -0.3 is 15.1 Å². The number of amides is 1. The fourth-order valence-corrected chi connectivity index (χ4v) is 3.35. The highest BCUT2D eigenvalue weighted by atomic mass is 35.5. The Balaban J connectivity index is 1.84. The van der Waals surface area contributed by atoms with Gasteiger partial charge >= 0.3 is 0 Å². The van der Waals surface area contributed by atoms with Crippen molar-refractivity contribution in [3.63, 3.8) is 0 Å². The van der Waals surface area contributed by atoms with Gasteiger partial charge in [-0.25, -0.2) is 4.68 Å². The minimum Gasteiger partial charge on any atom is -0.390 e. The Kier molecular flexibility index (Phi) is 5.08. The number of hydrogen-bond donors (Lipinski definition) is 2. The molecule has 0 spiro atoms. The number of aromatic nitrogens is 3. The number of likely N-dealkylation sites (N-methyl/N-ethyl adjacent to an activating group) is 1. The van der Waals surface area contributed by atoms with Crippen LogP contribution >= 0.6 is 11.6 Å². The first-order chi connectivity index (χ1) is 11.9. The van der Waals surface area contributed by atoms with E-state index >= 15 is 0 Å². The molecule has 1 aromatic heterocycles. The third kappa shape index (κ3) is 3.40. The zero-order valence-electron chi connectivity index (χ0n) is 14.1. The zero-order valence-corrected chi connectivity index (χ0v) is 14.9. The van der Waals surface area contributed by atoms with Crippen LogP contribution in [0.3, 0.4) is 0 Å². The smallest absolute Gasteiger partial charge is 0.276 e. The van der Waals surface area contributed by atoms with Crippen molar-refractivity contribution in [1.29, 1.82) is 0 Å². The zero-order chi connectivity index (χ0) is 18.1. The maximum Gasteiger partial charge on any atom is 0.276 e. The molecule has 2 N–H and O–H groups in total. The van der Waals surface area contributed by atoms with Gasteiger partial charge in [-0.05, 0) is 50.5 Å². The summed E-state index contributed by atoms with van der Waals surface area (Å²) in [5.41, 5.74) is 1.58. The lowest BCUT2D eigenvalue weighted by atomic mass is 9.89. The minimum atomic E-state index is -0.950. The second-order valence-electron chi connectivity index (χ2n) is 6.38. The van der Waals surface area contributed by atoms with E-state index in [1.165, 1.54) is 4.90 Å². The lowest BCUT2D eigenvalue weighted by Crippen LogP contribution is -2.51. The predicted molar refractivity (Wildman–Crippen MR) is 92.9 cm³/mol. The van der Waals surface area contributed by atoms with E-state index in [-0.39, 0.29) is 11.6 Å². The van der Waals surface area contributed by atoms with E-state index in [0.29, 0.717) is 23.6 Å². The summed E-state index contributed by atoms with van der Waals surface area (Å²) >= 11 is 5.90. The van der Waals surface area contributed by atoms with Crippen LogP contribution in [0, 0.1) is 6.92 Å². The number of carbonyl (C=O) groups excluding carboxylic acids is 1. The molecule has 7 nitrogen and oxygen atoms in total. The van der Waals surface area contributed by atoms with Crippen molar-refractivity contribution in [2.45, 2.75) is 44.4 Å². The molecule has 1 amide bonds. The van der Waals surface area contributed by atoms with Gasteiger partial charge in [0.2, 0.25) is 0 Å². The molecule has 8 heteroatoms. The first-order valence-corrected chi connectivity index (χ1v) is 8.59. The maximum absolute atomic E-state index is 12.8. The molecular formula is C17H21ClN4O3. The van der Waals surface area contributed by atoms with E-state index in [4.69, 9.17) is 11.6 Å². The quantitative estimate of drug-likeness (QED) is 0.862. The Morgan fingerprint density at radius 1 is 1.28 bits per heavy atom. The summed E-state index contributed by atoms with van der Waals surface area (Å²) in [6.45, 7) is 1.77. The maximum atomic E-state index is 12.8. The van der Waals surface area contributed by atoms with Crippen LogP contribution in [0.15, 0.2) is 24.3 Å². The van der Waals surface area contributed by atoms with Crippen LogP contribution < -0.4 is 0 Å². The van der Waals surface area contributed by atoms with E-state index in [2.05, 4.69) is 10.3 Å². The molecule has 1 fully saturated rings. The Hall–Kier alpha value is -1.96. The van der Waals surface area contributed by atoms with E-state index in [9.17, 15) is 15.0 Å². The van der Waals surface area contributed by atoms with Gasteiger partial charge in [0, 0.05) is 12.1 Å². The van der Waals surface area contributed by atoms with Crippen molar-refractivity contribution in [1.82, 2.24) is 19.9 Å². The number of benzene rings is 1. The molecule has 1 aliphatic rings. The molecule has 0 radical (unpaired) electrons. The van der Waals surface area contributed by atoms with Crippen molar-refractivity contribution < 1.29 is 15.0 Å². The molecule has 0 saturated heterocycles. The minimum absolute atomic E-state index is 0.227. The van der Waals surface area contributed by atoms with Gasteiger partial charge in [0.05, 0.1) is 23.5 Å². The van der Waals surface area contributed by atoms with E-state index in [0.717, 1.165) is 12.1 Å². The topological polar surface area (TPSA) is 91.5 Å². The standard InChI is InChI=1S/C17H21ClN4O3/c1-10-15(19-20-22(10)12-8-6-11(18)7-9-12)17(25)21(2)13-4-3-5-14(23)16(13)24/h6-9,13-14,16,23-24H,3-5H2,1-2H3/t13-,14-,16-/m1/s1. The Morgan fingerprint density at radius 3 is 2.64 bits per heavy atom. The Morgan fingerprint density at radius 2 is 1.96 bits per heavy atom. The second-order valence-corrected chi connectivity index (χ2v) is 6.82. The molecule has 1 saturated carbocycles. The fourth-order valence-electron chi connectivity index (χ4n) is 3.23. The van der Waals surface area contributed by atoms with Gasteiger partial charge in [0.25, 0.3) is 5.91 Å². The lowest BCUT2D eigenvalue weighted by Gasteiger charge is -2.37. The second kappa shape index (κ2) is 7.11. The monoisotopic (exact) mass is 364 g/mol. The number of halogens is 1. The number of aliphatic hydroxyl groups excluding tert-OH is 2. The van der Waals surface area contributed by atoms with Crippen LogP contribution in [0.4, 0.5) is 0 Å². The van der Waals surface area contributed by atoms with Crippen molar-refractivity contribution in [3.05, 3.63) is 40.7 Å². The summed E-state index contributed by atoms with van der Waals surface area (Å²) in [7, 11) is 1.62. The van der Waals surface area contributed by atoms with Crippen LogP contribution in [-0.2, 0) is 0 Å². The number of hydrogen-bond acceptors (Lipinski definition) is 5. The number of nitrogens with zero attached hydrogens (tertiary/aromatic N) is 4. The molecule has 25 heavy (non-hydrogen) atoms. The number of aliphatic hydroxyl groups is 2. The largest absolute Gasteiger partial charge is 0.390 e. The molecule has 134 valence electrons. The average molecular weight is 365 g/mol. The summed E-state index contributed by atoms with van der Waals surface area (Å²) in [6.07, 6.45) is 0.196. The SMILES string of the molecule is Cc1c(C(=O)N(C)[C@@H]2CCC[C@@H](O)[C@@H]2O)nnn1-c1ccc(Cl)cc1. The van der Waals surface area contributed by atoms with Crippen molar-refractivity contribution in [2.24, 2.45) is 0 Å². The first kappa shape index (κ1) is 17.8. The molecule has 3 rings (SSSR count). The molecule has 1 heterocycles. The molecule has 1 aromatic carbocycles. The van der Waals surface area contributed by atoms with E-state index in [1.807, 2.05) is 0 Å². The van der Waals surface area contributed by atoms with Gasteiger partial charge in [0.15, 0.2) is 5.69 Å². The predicted octanol–water partition coefficient (Wildman–Crippen LogP) is 1.58. The van der Waals surface area contributed by atoms with Crippen molar-refractivity contribution in [3.8, 4) is 5.69 Å². The van der Waals surface area contributed by atoms with Gasteiger partial charge in [-0.15, -0.1) is 5.10 Å². The highest BCUT2D eigenvalue weighted by molar-refractivity contribution is 6.30. The van der Waals surface area contributed by atoms with Crippen LogP contribution in [0.2, 0.25) is 5.02 Å². The number of carbonyl (C=O) groups is 1. The number of rotatable bonds is 3. The molecule has 0 bridgehead atoms. The van der Waals surface area contributed by atoms with Crippen LogP contribution in [0.25, 0.3) is 5.69 Å². The lowest BCUT2D eigenvalue weighted by molar-refractivity contribution is -0.0527. The summed E-state index contributed by atoms with van der Waals surface area (Å²) < 4.78 is 1.57. The third-order valence-electron chi connectivity index (χ3n) is 4.77. The molecule has 2 aromatic rings. The molecule has 0 unspecified atom stereocenters. The van der Waals surface area contributed by atoms with Crippen LogP contribution in [-0.4, -0.2) is 61.3 Å². The summed E-state index contributed by atoms with van der Waals surface area (Å²) in [5.74, 6) is -0.323. The van der Waals surface area contributed by atoms with Gasteiger partial charge in [0.1, 0.15) is 6.10 Å². The molecule has 0 aliphatic heterocycles. The molecule has 1 aliphatic carbocycles. The molecular weight excluding hydrogens is 344 g/mol. The summed E-state index contributed by atoms with van der Waals surface area (Å²) in [4.78, 5) is 14.3. The van der Waals surface area contributed by atoms with Gasteiger partial charge in [-0.3, -0.25) is 4.79 Å². The van der Waals surface area contributed by atoms with Crippen LogP contribution in [0.5, 0.6) is 0 Å². The summed E-state index contributed by atoms with van der Waals surface area (Å²) in [5, 5.41) is 28.7. The summed E-state index contributed by atoms with van der Waals surface area (Å²) in [6, 6.07) is 6.64. The van der Waals surface area contributed by atoms with Crippen molar-refractivity contribution in [2.75, 3.05) is 7.05 Å². The first-order valence-electron chi connectivity index (χ1n) is 8.21. The average Bonchev–Trinajstić information content (AvgIpc) is 2.98. The van der Waals surface area contributed by atoms with E-state index < -0.39 is 18.2 Å². The van der Waals surface area contributed by atoms with Crippen molar-refractivity contribution >= 4 is 17.5 Å². The van der Waals surface area contributed by atoms with Gasteiger partial charge in [-0.2, -0.15) is 0 Å².